The van der Waals surface area contributed by atoms with Crippen molar-refractivity contribution in [3.8, 4) is 0 Å². The van der Waals surface area contributed by atoms with Gasteiger partial charge in [0, 0.05) is 0 Å². The fraction of sp³-hybridized carbons (Fsp3) is 0.900. The quantitative estimate of drug-likeness (QED) is 0.290. The first-order valence-electron chi connectivity index (χ1n) is 15.2. The number of alkyl carbamates (subject to hydrolysis) is 2. The van der Waals surface area contributed by atoms with Crippen LogP contribution in [-0.2, 0) is 42.7 Å². The average molecular weight is 633 g/mol. The molecule has 2 heterocycles. The van der Waals surface area contributed by atoms with Gasteiger partial charge in [-0.05, 0) is 89.0 Å². The number of aliphatic hydroxyl groups is 1. The highest BCUT2D eigenvalue weighted by Gasteiger charge is 2.56. The molecule has 254 valence electrons. The van der Waals surface area contributed by atoms with Crippen molar-refractivity contribution in [2.24, 2.45) is 0 Å². The second kappa shape index (κ2) is 13.6. The molecule has 44 heavy (non-hydrogen) atoms. The number of aliphatic hydroxyl groups excluding tert-OH is 1. The lowest BCUT2D eigenvalue weighted by atomic mass is 10.2. The van der Waals surface area contributed by atoms with Crippen LogP contribution in [0.5, 0.6) is 0 Å². The van der Waals surface area contributed by atoms with E-state index < -0.39 is 53.1 Å². The van der Waals surface area contributed by atoms with Crippen LogP contribution < -0.4 is 10.6 Å². The minimum Gasteiger partial charge on any atom is -0.464 e. The molecule has 2 aliphatic heterocycles. The number of amides is 2. The number of esters is 1. The van der Waals surface area contributed by atoms with Gasteiger partial charge in [0.1, 0.15) is 42.2 Å². The Bertz CT molecular complexity index is 1020. The second-order valence-corrected chi connectivity index (χ2v) is 14.3. The minimum absolute atomic E-state index is 0.162. The smallest absolute Gasteiger partial charge is 0.407 e. The summed E-state index contributed by atoms with van der Waals surface area (Å²) in [6.45, 7) is 19.9. The lowest BCUT2D eigenvalue weighted by Gasteiger charge is -2.25. The lowest BCUT2D eigenvalue weighted by Crippen LogP contribution is -2.45. The van der Waals surface area contributed by atoms with Crippen LogP contribution in [-0.4, -0.2) is 108 Å². The molecule has 2 amide bonds. The van der Waals surface area contributed by atoms with E-state index in [0.29, 0.717) is 19.4 Å². The van der Waals surface area contributed by atoms with E-state index in [0.717, 1.165) is 0 Å². The number of hydrogen-bond donors (Lipinski definition) is 3. The number of carbonyl (C=O) groups excluding carboxylic acids is 3. The van der Waals surface area contributed by atoms with E-state index in [1.165, 1.54) is 0 Å². The van der Waals surface area contributed by atoms with E-state index in [9.17, 15) is 19.5 Å². The van der Waals surface area contributed by atoms with Crippen molar-refractivity contribution in [2.45, 2.75) is 160 Å². The third-order valence-electron chi connectivity index (χ3n) is 6.97. The van der Waals surface area contributed by atoms with Crippen LogP contribution in [0.1, 0.15) is 89.0 Å². The molecule has 0 aromatic carbocycles. The van der Waals surface area contributed by atoms with E-state index in [1.54, 1.807) is 76.2 Å². The van der Waals surface area contributed by atoms with Crippen LogP contribution in [0.3, 0.4) is 0 Å². The zero-order chi connectivity index (χ0) is 33.3. The largest absolute Gasteiger partial charge is 0.464 e. The summed E-state index contributed by atoms with van der Waals surface area (Å²) >= 11 is 0. The Labute approximate surface area is 260 Å². The monoisotopic (exact) mass is 632 g/mol. The Morgan fingerprint density at radius 3 is 1.66 bits per heavy atom. The van der Waals surface area contributed by atoms with E-state index in [4.69, 9.17) is 37.9 Å². The number of carbonyl (C=O) groups is 3. The van der Waals surface area contributed by atoms with Crippen molar-refractivity contribution in [1.29, 1.82) is 0 Å². The molecule has 4 fully saturated rings. The molecule has 14 heteroatoms. The highest BCUT2D eigenvalue weighted by molar-refractivity contribution is 5.70. The van der Waals surface area contributed by atoms with Crippen LogP contribution >= 0.6 is 0 Å². The van der Waals surface area contributed by atoms with Crippen molar-refractivity contribution < 1.29 is 57.4 Å². The minimum atomic E-state index is -0.783. The molecule has 3 N–H and O–H groups in total. The normalized spacial score (nSPS) is 33.4. The summed E-state index contributed by atoms with van der Waals surface area (Å²) in [7, 11) is 0. The van der Waals surface area contributed by atoms with Gasteiger partial charge in [-0.15, -0.1) is 0 Å². The molecule has 14 nitrogen and oxygen atoms in total. The first-order chi connectivity index (χ1) is 20.1. The molecule has 2 saturated carbocycles. The Morgan fingerprint density at radius 1 is 0.750 bits per heavy atom. The van der Waals surface area contributed by atoms with Gasteiger partial charge in [-0.3, -0.25) is 0 Å². The molecule has 2 aliphatic carbocycles. The van der Waals surface area contributed by atoms with E-state index in [-0.39, 0.29) is 43.1 Å². The van der Waals surface area contributed by atoms with Crippen molar-refractivity contribution in [2.75, 3.05) is 13.2 Å². The number of rotatable bonds is 6. The first kappa shape index (κ1) is 36.2. The summed E-state index contributed by atoms with van der Waals surface area (Å²) in [6.07, 6.45) is -2.63. The highest BCUT2D eigenvalue weighted by atomic mass is 16.8. The van der Waals surface area contributed by atoms with E-state index in [2.05, 4.69) is 10.6 Å². The van der Waals surface area contributed by atoms with Gasteiger partial charge >= 0.3 is 18.2 Å². The molecular weight excluding hydrogens is 580 g/mol. The maximum atomic E-state index is 12.1. The molecule has 0 bridgehead atoms. The zero-order valence-corrected chi connectivity index (χ0v) is 27.9. The topological polar surface area (TPSA) is 169 Å². The molecular formula is C30H52N2O12. The summed E-state index contributed by atoms with van der Waals surface area (Å²) in [5.41, 5.74) is -1.14. The van der Waals surface area contributed by atoms with Crippen molar-refractivity contribution in [3.05, 3.63) is 0 Å². The SMILES string of the molecule is CC(C)(C)OC(=O)N[C@@H]1C[C@H](O)[C@H]2OC(C)(C)O[C@H]21.CCOC(=O)CO[C@H]1C[C@@H](NC(=O)OC(C)(C)C)[C@@H]2OC(C)(C)O[C@@H]21. The lowest BCUT2D eigenvalue weighted by molar-refractivity contribution is -0.173. The predicted octanol–water partition coefficient (Wildman–Crippen LogP) is 2.92. The van der Waals surface area contributed by atoms with Crippen LogP contribution in [0.25, 0.3) is 0 Å². The van der Waals surface area contributed by atoms with Crippen molar-refractivity contribution in [3.63, 3.8) is 0 Å². The maximum Gasteiger partial charge on any atom is 0.407 e. The van der Waals surface area contributed by atoms with E-state index >= 15 is 0 Å². The Hall–Kier alpha value is -2.23. The summed E-state index contributed by atoms with van der Waals surface area (Å²) in [5, 5.41) is 15.5. The van der Waals surface area contributed by atoms with Gasteiger partial charge < -0.3 is 53.6 Å². The fourth-order valence-electron chi connectivity index (χ4n) is 5.63. The highest BCUT2D eigenvalue weighted by Crippen LogP contribution is 2.40. The average Bonchev–Trinajstić information content (AvgIpc) is 3.49. The maximum absolute atomic E-state index is 12.1. The standard InChI is InChI=1S/C17H29NO7.C13H23NO5/c1-7-21-12(19)9-22-11-8-10(18-15(20)25-16(2,3)4)13-14(11)24-17(5,6)23-13;1-12(2,3)19-11(16)14-7-6-8(15)10-9(7)17-13(4,5)18-10/h10-11,13-14H,7-9H2,1-6H3,(H,18,20);7-10,15H,6H2,1-5H3,(H,14,16)/t10-,11+,13+,14-;7-,8+,9+,10-/m11/s1. The summed E-state index contributed by atoms with van der Waals surface area (Å²) < 4.78 is 44.2. The van der Waals surface area contributed by atoms with Gasteiger partial charge in [-0.2, -0.15) is 0 Å². The second-order valence-electron chi connectivity index (χ2n) is 14.3. The van der Waals surface area contributed by atoms with Gasteiger partial charge in [-0.1, -0.05) is 0 Å². The molecule has 0 radical (unpaired) electrons. The molecule has 8 atom stereocenters. The van der Waals surface area contributed by atoms with Crippen LogP contribution in [0.2, 0.25) is 0 Å². The fourth-order valence-corrected chi connectivity index (χ4v) is 5.63. The third kappa shape index (κ3) is 10.4. The summed E-state index contributed by atoms with van der Waals surface area (Å²) in [5.74, 6) is -1.94. The number of hydrogen-bond acceptors (Lipinski definition) is 12. The van der Waals surface area contributed by atoms with Crippen molar-refractivity contribution in [1.82, 2.24) is 10.6 Å². The Balaban J connectivity index is 0.000000249. The summed E-state index contributed by atoms with van der Waals surface area (Å²) in [4.78, 5) is 35.4. The van der Waals surface area contributed by atoms with E-state index in [1.807, 2.05) is 0 Å². The van der Waals surface area contributed by atoms with Gasteiger partial charge in [0.25, 0.3) is 0 Å². The Kier molecular flexibility index (Phi) is 11.2. The van der Waals surface area contributed by atoms with Crippen LogP contribution in [0.4, 0.5) is 9.59 Å². The zero-order valence-electron chi connectivity index (χ0n) is 27.9. The molecule has 4 aliphatic rings. The van der Waals surface area contributed by atoms with Crippen molar-refractivity contribution >= 4 is 18.2 Å². The van der Waals surface area contributed by atoms with Gasteiger partial charge in [0.15, 0.2) is 11.6 Å². The molecule has 0 spiro atoms. The molecule has 4 rings (SSSR count). The predicted molar refractivity (Wildman–Crippen MR) is 156 cm³/mol. The molecule has 2 saturated heterocycles. The molecule has 0 aromatic rings. The molecule has 0 aromatic heterocycles. The first-order valence-corrected chi connectivity index (χ1v) is 15.2. The van der Waals surface area contributed by atoms with Crippen LogP contribution in [0, 0.1) is 0 Å². The van der Waals surface area contributed by atoms with Gasteiger partial charge in [-0.25, -0.2) is 14.4 Å². The number of ether oxygens (including phenoxy) is 8. The third-order valence-corrected chi connectivity index (χ3v) is 6.97. The van der Waals surface area contributed by atoms with Crippen LogP contribution in [0.15, 0.2) is 0 Å². The molecule has 0 unspecified atom stereocenters. The van der Waals surface area contributed by atoms with Gasteiger partial charge in [0.2, 0.25) is 0 Å². The number of fused-ring (bicyclic) bond motifs is 2. The summed E-state index contributed by atoms with van der Waals surface area (Å²) in [6, 6.07) is -0.620. The number of nitrogens with one attached hydrogen (secondary N) is 2. The Morgan fingerprint density at radius 2 is 1.18 bits per heavy atom. The van der Waals surface area contributed by atoms with Gasteiger partial charge in [0.05, 0.1) is 30.9 Å².